The number of rotatable bonds is 3. The van der Waals surface area contributed by atoms with Crippen LogP contribution in [0.25, 0.3) is 11.3 Å². The number of carbonyl (C=O) groups is 1. The van der Waals surface area contributed by atoms with Crippen molar-refractivity contribution in [1.29, 1.82) is 0 Å². The van der Waals surface area contributed by atoms with Gasteiger partial charge in [-0.2, -0.15) is 0 Å². The molecular weight excluding hydrogens is 281 g/mol. The molecular formula is C17H20FN3O. The fraction of sp³-hybridized carbons (Fsp3) is 0.412. The molecule has 1 aromatic heterocycles. The number of ketones is 1. The van der Waals surface area contributed by atoms with Crippen molar-refractivity contribution in [1.82, 2.24) is 14.5 Å². The molecule has 0 atom stereocenters. The molecule has 1 aliphatic heterocycles. The average molecular weight is 301 g/mol. The van der Waals surface area contributed by atoms with Gasteiger partial charge in [0, 0.05) is 18.5 Å². The Labute approximate surface area is 129 Å². The van der Waals surface area contributed by atoms with E-state index in [1.165, 1.54) is 12.1 Å². The van der Waals surface area contributed by atoms with Gasteiger partial charge in [-0.1, -0.05) is 0 Å². The second kappa shape index (κ2) is 6.01. The van der Waals surface area contributed by atoms with Gasteiger partial charge in [0.1, 0.15) is 11.5 Å². The molecule has 4 nitrogen and oxygen atoms in total. The first-order valence-corrected chi connectivity index (χ1v) is 7.58. The molecule has 0 unspecified atom stereocenters. The summed E-state index contributed by atoms with van der Waals surface area (Å²) in [5, 5.41) is 0. The number of hydrogen-bond donors (Lipinski definition) is 0. The number of halogens is 1. The first-order valence-electron chi connectivity index (χ1n) is 7.58. The molecule has 0 radical (unpaired) electrons. The van der Waals surface area contributed by atoms with Crippen molar-refractivity contribution < 1.29 is 9.18 Å². The number of Topliss-reactive ketones (excluding diaryl/α,β-unsaturated/α-hetero) is 1. The molecule has 2 heterocycles. The summed E-state index contributed by atoms with van der Waals surface area (Å²) in [6.07, 6.45) is 3.78. The Morgan fingerprint density at radius 3 is 2.45 bits per heavy atom. The molecule has 0 aliphatic carbocycles. The van der Waals surface area contributed by atoms with Crippen molar-refractivity contribution in [2.24, 2.45) is 0 Å². The Morgan fingerprint density at radius 2 is 1.86 bits per heavy atom. The van der Waals surface area contributed by atoms with Crippen LogP contribution in [-0.4, -0.2) is 40.4 Å². The molecule has 1 aliphatic rings. The van der Waals surface area contributed by atoms with Crippen molar-refractivity contribution >= 4 is 5.78 Å². The minimum Gasteiger partial charge on any atom is -0.324 e. The zero-order valence-corrected chi connectivity index (χ0v) is 12.9. The molecule has 2 aromatic rings. The molecule has 0 spiro atoms. The van der Waals surface area contributed by atoms with Gasteiger partial charge in [0.05, 0.1) is 12.0 Å². The summed E-state index contributed by atoms with van der Waals surface area (Å²) in [5.74, 6) is -0.293. The Morgan fingerprint density at radius 1 is 1.23 bits per heavy atom. The lowest BCUT2D eigenvalue weighted by Gasteiger charge is -2.30. The van der Waals surface area contributed by atoms with Crippen molar-refractivity contribution in [2.45, 2.75) is 25.8 Å². The van der Waals surface area contributed by atoms with Gasteiger partial charge < -0.3 is 9.47 Å². The summed E-state index contributed by atoms with van der Waals surface area (Å²) in [6, 6.07) is 6.44. The first kappa shape index (κ1) is 14.9. The molecule has 5 heteroatoms. The van der Waals surface area contributed by atoms with E-state index in [2.05, 4.69) is 16.9 Å². The zero-order valence-electron chi connectivity index (χ0n) is 12.9. The van der Waals surface area contributed by atoms with Gasteiger partial charge >= 0.3 is 0 Å². The monoisotopic (exact) mass is 301 g/mol. The van der Waals surface area contributed by atoms with Crippen LogP contribution >= 0.6 is 0 Å². The highest BCUT2D eigenvalue weighted by molar-refractivity contribution is 5.98. The predicted octanol–water partition coefficient (Wildman–Crippen LogP) is 3.16. The average Bonchev–Trinajstić information content (AvgIpc) is 2.94. The highest BCUT2D eigenvalue weighted by atomic mass is 19.1. The van der Waals surface area contributed by atoms with Crippen LogP contribution in [0.2, 0.25) is 0 Å². The topological polar surface area (TPSA) is 38.1 Å². The van der Waals surface area contributed by atoms with Crippen molar-refractivity contribution in [3.05, 3.63) is 42.1 Å². The molecule has 1 aromatic carbocycles. The molecule has 0 saturated carbocycles. The highest BCUT2D eigenvalue weighted by Gasteiger charge is 2.24. The van der Waals surface area contributed by atoms with E-state index in [1.807, 2.05) is 4.57 Å². The summed E-state index contributed by atoms with van der Waals surface area (Å²) in [7, 11) is 2.11. The number of hydrogen-bond acceptors (Lipinski definition) is 3. The smallest absolute Gasteiger partial charge is 0.178 e. The molecule has 1 saturated heterocycles. The third-order valence-corrected chi connectivity index (χ3v) is 4.33. The van der Waals surface area contributed by atoms with E-state index < -0.39 is 0 Å². The molecule has 0 N–H and O–H groups in total. The number of piperidine rings is 1. The van der Waals surface area contributed by atoms with E-state index in [0.29, 0.717) is 17.4 Å². The third-order valence-electron chi connectivity index (χ3n) is 4.33. The molecule has 1 fully saturated rings. The maximum atomic E-state index is 13.1. The molecule has 0 bridgehead atoms. The van der Waals surface area contributed by atoms with E-state index >= 15 is 0 Å². The van der Waals surface area contributed by atoms with Crippen LogP contribution in [0, 0.1) is 5.82 Å². The Hall–Kier alpha value is -2.01. The van der Waals surface area contributed by atoms with Crippen molar-refractivity contribution in [3.8, 4) is 11.3 Å². The van der Waals surface area contributed by atoms with Crippen molar-refractivity contribution in [2.75, 3.05) is 20.1 Å². The van der Waals surface area contributed by atoms with Crippen LogP contribution in [0.15, 0.2) is 30.6 Å². The van der Waals surface area contributed by atoms with Crippen LogP contribution < -0.4 is 0 Å². The van der Waals surface area contributed by atoms with Gasteiger partial charge in [-0.15, -0.1) is 0 Å². The van der Waals surface area contributed by atoms with Gasteiger partial charge in [0.2, 0.25) is 0 Å². The van der Waals surface area contributed by atoms with Crippen LogP contribution in [0.5, 0.6) is 0 Å². The Kier molecular flexibility index (Phi) is 4.07. The lowest BCUT2D eigenvalue weighted by Crippen LogP contribution is -2.32. The van der Waals surface area contributed by atoms with E-state index in [0.717, 1.165) is 31.5 Å². The third kappa shape index (κ3) is 2.81. The van der Waals surface area contributed by atoms with E-state index in [9.17, 15) is 9.18 Å². The number of aromatic nitrogens is 2. The Bertz CT molecular complexity index is 670. The second-order valence-corrected chi connectivity index (χ2v) is 5.95. The summed E-state index contributed by atoms with van der Waals surface area (Å²) in [5.41, 5.74) is 2.05. The van der Waals surface area contributed by atoms with Crippen LogP contribution in [0.3, 0.4) is 0 Å². The number of imidazole rings is 1. The minimum absolute atomic E-state index is 0.00393. The van der Waals surface area contributed by atoms with Gasteiger partial charge in [-0.05, 0) is 57.2 Å². The predicted molar refractivity (Wildman–Crippen MR) is 83.4 cm³/mol. The van der Waals surface area contributed by atoms with Crippen LogP contribution in [0.4, 0.5) is 4.39 Å². The maximum Gasteiger partial charge on any atom is 0.178 e. The largest absolute Gasteiger partial charge is 0.324 e. The molecule has 3 rings (SSSR count). The lowest BCUT2D eigenvalue weighted by atomic mass is 10.0. The number of carbonyl (C=O) groups excluding carboxylic acids is 1. The SMILES string of the molecule is CC(=O)c1c(-c2ccc(F)cc2)ncn1C1CCN(C)CC1. The van der Waals surface area contributed by atoms with Crippen molar-refractivity contribution in [3.63, 3.8) is 0 Å². The second-order valence-electron chi connectivity index (χ2n) is 5.95. The van der Waals surface area contributed by atoms with Crippen LogP contribution in [-0.2, 0) is 0 Å². The summed E-state index contributed by atoms with van der Waals surface area (Å²) in [4.78, 5) is 18.9. The molecule has 22 heavy (non-hydrogen) atoms. The zero-order chi connectivity index (χ0) is 15.7. The molecule has 116 valence electrons. The fourth-order valence-electron chi connectivity index (χ4n) is 3.08. The number of nitrogens with zero attached hydrogens (tertiary/aromatic N) is 3. The summed E-state index contributed by atoms with van der Waals surface area (Å²) < 4.78 is 15.1. The summed E-state index contributed by atoms with van der Waals surface area (Å²) >= 11 is 0. The van der Waals surface area contributed by atoms with Gasteiger partial charge in [-0.3, -0.25) is 4.79 Å². The van der Waals surface area contributed by atoms with Gasteiger partial charge in [-0.25, -0.2) is 9.37 Å². The Balaban J connectivity index is 1.99. The maximum absolute atomic E-state index is 13.1. The fourth-order valence-corrected chi connectivity index (χ4v) is 3.08. The van der Waals surface area contributed by atoms with Gasteiger partial charge in [0.15, 0.2) is 5.78 Å². The lowest BCUT2D eigenvalue weighted by molar-refractivity contribution is 0.0999. The number of benzene rings is 1. The van der Waals surface area contributed by atoms with E-state index in [1.54, 1.807) is 25.4 Å². The highest BCUT2D eigenvalue weighted by Crippen LogP contribution is 2.29. The quantitative estimate of drug-likeness (QED) is 0.817. The van der Waals surface area contributed by atoms with E-state index in [-0.39, 0.29) is 11.6 Å². The minimum atomic E-state index is -0.289. The standard InChI is InChI=1S/C17H20FN3O/c1-12(22)17-16(13-3-5-14(18)6-4-13)19-11-21(17)15-7-9-20(2)10-8-15/h3-6,11,15H,7-10H2,1-2H3. The van der Waals surface area contributed by atoms with Gasteiger partial charge in [0.25, 0.3) is 0 Å². The molecule has 0 amide bonds. The summed E-state index contributed by atoms with van der Waals surface area (Å²) in [6.45, 7) is 3.60. The van der Waals surface area contributed by atoms with Crippen LogP contribution in [0.1, 0.15) is 36.3 Å². The first-order chi connectivity index (χ1) is 10.6. The van der Waals surface area contributed by atoms with E-state index in [4.69, 9.17) is 0 Å². The normalized spacial score (nSPS) is 16.9. The number of likely N-dealkylation sites (tertiary alicyclic amines) is 1.